The third kappa shape index (κ3) is 2.52. The molecule has 2 aliphatic heterocycles. The topological polar surface area (TPSA) is 54.5 Å². The van der Waals surface area contributed by atoms with Crippen LogP contribution in [0.25, 0.3) is 0 Å². The Balaban J connectivity index is 1.73. The van der Waals surface area contributed by atoms with Crippen molar-refractivity contribution in [3.8, 4) is 0 Å². The lowest BCUT2D eigenvalue weighted by Gasteiger charge is -2.30. The van der Waals surface area contributed by atoms with E-state index in [-0.39, 0.29) is 23.3 Å². The summed E-state index contributed by atoms with van der Waals surface area (Å²) in [6.45, 7) is 1.32. The highest BCUT2D eigenvalue weighted by molar-refractivity contribution is 7.91. The van der Waals surface area contributed by atoms with Crippen LogP contribution in [0.3, 0.4) is 0 Å². The molecule has 1 fully saturated rings. The van der Waals surface area contributed by atoms with Gasteiger partial charge >= 0.3 is 0 Å². The van der Waals surface area contributed by atoms with Gasteiger partial charge in [-0.05, 0) is 24.0 Å². The molecule has 0 saturated carbocycles. The van der Waals surface area contributed by atoms with Gasteiger partial charge in [0.25, 0.3) is 0 Å². The number of carbonyl (C=O) groups excluding carboxylic acids is 1. The number of nitrogens with zero attached hydrogens (tertiary/aromatic N) is 1. The average molecular weight is 279 g/mol. The Kier molecular flexibility index (Phi) is 3.09. The maximum Gasteiger partial charge on any atom is 0.227 e. The number of carbonyl (C=O) groups is 1. The third-order valence-electron chi connectivity index (χ3n) is 4.02. The van der Waals surface area contributed by atoms with E-state index >= 15 is 0 Å². The molecular weight excluding hydrogens is 262 g/mol. The first-order chi connectivity index (χ1) is 9.05. The van der Waals surface area contributed by atoms with Crippen LogP contribution < -0.4 is 0 Å². The van der Waals surface area contributed by atoms with Gasteiger partial charge in [-0.2, -0.15) is 0 Å². The molecule has 0 aliphatic carbocycles. The molecule has 3 rings (SSSR count). The molecule has 2 aliphatic rings. The zero-order valence-corrected chi connectivity index (χ0v) is 11.5. The van der Waals surface area contributed by atoms with Gasteiger partial charge in [0.15, 0.2) is 9.84 Å². The Morgan fingerprint density at radius 2 is 1.95 bits per heavy atom. The lowest BCUT2D eigenvalue weighted by Crippen LogP contribution is -2.40. The molecule has 1 aromatic carbocycles. The lowest BCUT2D eigenvalue weighted by molar-refractivity contribution is -0.135. The number of hydrogen-bond acceptors (Lipinski definition) is 3. The van der Waals surface area contributed by atoms with Crippen LogP contribution >= 0.6 is 0 Å². The second kappa shape index (κ2) is 4.63. The molecule has 0 spiro atoms. The molecule has 1 aromatic rings. The molecule has 102 valence electrons. The van der Waals surface area contributed by atoms with Crippen LogP contribution in [0.2, 0.25) is 0 Å². The van der Waals surface area contributed by atoms with Crippen LogP contribution in [0, 0.1) is 5.92 Å². The number of rotatable bonds is 1. The minimum atomic E-state index is -2.99. The van der Waals surface area contributed by atoms with Crippen LogP contribution in [0.15, 0.2) is 24.3 Å². The van der Waals surface area contributed by atoms with Crippen molar-refractivity contribution in [2.45, 2.75) is 19.4 Å². The third-order valence-corrected chi connectivity index (χ3v) is 5.79. The largest absolute Gasteiger partial charge is 0.338 e. The smallest absolute Gasteiger partial charge is 0.227 e. The molecule has 1 atom stereocenters. The molecule has 2 heterocycles. The van der Waals surface area contributed by atoms with Gasteiger partial charge in [-0.1, -0.05) is 24.3 Å². The van der Waals surface area contributed by atoms with Gasteiger partial charge in [-0.15, -0.1) is 0 Å². The molecule has 1 saturated heterocycles. The maximum atomic E-state index is 12.4. The van der Waals surface area contributed by atoms with E-state index in [1.165, 1.54) is 11.1 Å². The van der Waals surface area contributed by atoms with Crippen LogP contribution in [-0.2, 0) is 27.6 Å². The molecule has 0 aromatic heterocycles. The van der Waals surface area contributed by atoms with Crippen molar-refractivity contribution in [3.05, 3.63) is 35.4 Å². The van der Waals surface area contributed by atoms with Crippen molar-refractivity contribution < 1.29 is 13.2 Å². The first kappa shape index (κ1) is 12.7. The van der Waals surface area contributed by atoms with Crippen molar-refractivity contribution in [2.75, 3.05) is 18.1 Å². The number of hydrogen-bond donors (Lipinski definition) is 0. The summed E-state index contributed by atoms with van der Waals surface area (Å²) in [7, 11) is -2.99. The highest BCUT2D eigenvalue weighted by Gasteiger charge is 2.36. The van der Waals surface area contributed by atoms with Crippen molar-refractivity contribution in [1.82, 2.24) is 4.90 Å². The Morgan fingerprint density at radius 3 is 2.63 bits per heavy atom. The Bertz CT molecular complexity index is 609. The van der Waals surface area contributed by atoms with Gasteiger partial charge < -0.3 is 4.90 Å². The summed E-state index contributed by atoms with van der Waals surface area (Å²) in [6, 6.07) is 8.13. The van der Waals surface area contributed by atoms with Crippen LogP contribution in [0.5, 0.6) is 0 Å². The van der Waals surface area contributed by atoms with Crippen LogP contribution in [0.1, 0.15) is 17.5 Å². The molecule has 19 heavy (non-hydrogen) atoms. The SMILES string of the molecule is O=C(C1CCS(=O)(=O)C1)N1CCc2ccccc2C1. The predicted octanol–water partition coefficient (Wildman–Crippen LogP) is 1.01. The van der Waals surface area contributed by atoms with Gasteiger partial charge in [-0.3, -0.25) is 4.79 Å². The van der Waals surface area contributed by atoms with E-state index in [9.17, 15) is 13.2 Å². The summed E-state index contributed by atoms with van der Waals surface area (Å²) in [5, 5.41) is 0. The summed E-state index contributed by atoms with van der Waals surface area (Å²) < 4.78 is 22.9. The van der Waals surface area contributed by atoms with E-state index in [4.69, 9.17) is 0 Å². The Hall–Kier alpha value is -1.36. The van der Waals surface area contributed by atoms with Crippen LogP contribution in [0.4, 0.5) is 0 Å². The van der Waals surface area contributed by atoms with Crippen LogP contribution in [-0.4, -0.2) is 37.3 Å². The molecule has 0 N–H and O–H groups in total. The fourth-order valence-electron chi connectivity index (χ4n) is 2.93. The van der Waals surface area contributed by atoms with E-state index < -0.39 is 9.84 Å². The van der Waals surface area contributed by atoms with Gasteiger partial charge in [-0.25, -0.2) is 8.42 Å². The monoisotopic (exact) mass is 279 g/mol. The van der Waals surface area contributed by atoms with Crippen molar-refractivity contribution in [3.63, 3.8) is 0 Å². The molecule has 1 unspecified atom stereocenters. The first-order valence-corrected chi connectivity index (χ1v) is 8.43. The van der Waals surface area contributed by atoms with Crippen molar-refractivity contribution in [2.24, 2.45) is 5.92 Å². The lowest BCUT2D eigenvalue weighted by atomic mass is 9.98. The van der Waals surface area contributed by atoms with Gasteiger partial charge in [0.05, 0.1) is 17.4 Å². The first-order valence-electron chi connectivity index (χ1n) is 6.61. The maximum absolute atomic E-state index is 12.4. The van der Waals surface area contributed by atoms with E-state index in [2.05, 4.69) is 6.07 Å². The van der Waals surface area contributed by atoms with Crippen molar-refractivity contribution >= 4 is 15.7 Å². The molecule has 1 amide bonds. The Labute approximate surface area is 113 Å². The van der Waals surface area contributed by atoms with Gasteiger partial charge in [0.1, 0.15) is 0 Å². The second-order valence-corrected chi connectivity index (χ2v) is 7.61. The summed E-state index contributed by atoms with van der Waals surface area (Å²) in [6.07, 6.45) is 1.35. The number of fused-ring (bicyclic) bond motifs is 1. The molecule has 4 nitrogen and oxygen atoms in total. The highest BCUT2D eigenvalue weighted by Crippen LogP contribution is 2.24. The summed E-state index contributed by atoms with van der Waals surface area (Å²) in [5.41, 5.74) is 2.48. The normalized spacial score (nSPS) is 25.1. The van der Waals surface area contributed by atoms with E-state index in [1.54, 1.807) is 0 Å². The van der Waals surface area contributed by atoms with Crippen molar-refractivity contribution in [1.29, 1.82) is 0 Å². The number of amides is 1. The minimum Gasteiger partial charge on any atom is -0.338 e. The molecule has 0 bridgehead atoms. The van der Waals surface area contributed by atoms with Gasteiger partial charge in [0, 0.05) is 13.1 Å². The number of sulfone groups is 1. The zero-order chi connectivity index (χ0) is 13.5. The molecule has 5 heteroatoms. The molecule has 0 radical (unpaired) electrons. The summed E-state index contributed by atoms with van der Waals surface area (Å²) >= 11 is 0. The summed E-state index contributed by atoms with van der Waals surface area (Å²) in [4.78, 5) is 14.2. The van der Waals surface area contributed by atoms with E-state index in [0.717, 1.165) is 6.42 Å². The van der Waals surface area contributed by atoms with E-state index in [0.29, 0.717) is 19.5 Å². The average Bonchev–Trinajstić information content (AvgIpc) is 2.78. The molecular formula is C14H17NO3S. The number of benzene rings is 1. The second-order valence-electron chi connectivity index (χ2n) is 5.38. The van der Waals surface area contributed by atoms with E-state index in [1.807, 2.05) is 23.1 Å². The fraction of sp³-hybridized carbons (Fsp3) is 0.500. The fourth-order valence-corrected chi connectivity index (χ4v) is 4.66. The quantitative estimate of drug-likeness (QED) is 0.771. The summed E-state index contributed by atoms with van der Waals surface area (Å²) in [5.74, 6) is -0.122. The predicted molar refractivity (Wildman–Crippen MR) is 72.3 cm³/mol. The zero-order valence-electron chi connectivity index (χ0n) is 10.7. The minimum absolute atomic E-state index is 0.00979. The van der Waals surface area contributed by atoms with Gasteiger partial charge in [0.2, 0.25) is 5.91 Å². The highest BCUT2D eigenvalue weighted by atomic mass is 32.2. The Morgan fingerprint density at radius 1 is 1.21 bits per heavy atom. The standard InChI is InChI=1S/C14H17NO3S/c16-14(13-6-8-19(17,18)10-13)15-7-5-11-3-1-2-4-12(11)9-15/h1-4,13H,5-10H2.